The molecule has 3 aromatic rings. The highest BCUT2D eigenvalue weighted by atomic mass is 19.1. The monoisotopic (exact) mass is 312 g/mol. The molecular formula is C18H14F2N2O. The molecule has 0 aliphatic carbocycles. The topological polar surface area (TPSA) is 35.0 Å². The molecule has 0 atom stereocenters. The zero-order chi connectivity index (χ0) is 16.2. The van der Waals surface area contributed by atoms with Crippen LogP contribution in [0.15, 0.2) is 54.6 Å². The van der Waals surface area contributed by atoms with Crippen LogP contribution in [0.1, 0.15) is 11.3 Å². The van der Waals surface area contributed by atoms with Crippen molar-refractivity contribution in [3.8, 4) is 17.3 Å². The van der Waals surface area contributed by atoms with Crippen LogP contribution < -0.4 is 4.74 Å². The number of aryl methyl sites for hydroxylation is 1. The van der Waals surface area contributed by atoms with Crippen LogP contribution in [0.25, 0.3) is 11.4 Å². The lowest BCUT2D eigenvalue weighted by Gasteiger charge is -2.09. The van der Waals surface area contributed by atoms with Gasteiger partial charge in [0.1, 0.15) is 18.2 Å². The van der Waals surface area contributed by atoms with Gasteiger partial charge in [0.2, 0.25) is 5.88 Å². The Balaban J connectivity index is 1.83. The van der Waals surface area contributed by atoms with Gasteiger partial charge < -0.3 is 4.74 Å². The molecule has 0 unspecified atom stereocenters. The summed E-state index contributed by atoms with van der Waals surface area (Å²) >= 11 is 0. The average molecular weight is 312 g/mol. The molecule has 116 valence electrons. The van der Waals surface area contributed by atoms with E-state index in [0.717, 1.165) is 29.5 Å². The first-order valence-corrected chi connectivity index (χ1v) is 7.09. The van der Waals surface area contributed by atoms with Gasteiger partial charge in [0.25, 0.3) is 0 Å². The number of hydrogen-bond donors (Lipinski definition) is 0. The first kappa shape index (κ1) is 15.1. The maximum absolute atomic E-state index is 13.6. The molecule has 0 bridgehead atoms. The summed E-state index contributed by atoms with van der Waals surface area (Å²) in [5.41, 5.74) is 1.73. The van der Waals surface area contributed by atoms with E-state index in [9.17, 15) is 8.78 Å². The highest BCUT2D eigenvalue weighted by Gasteiger charge is 2.08. The lowest BCUT2D eigenvalue weighted by Crippen LogP contribution is -2.02. The Bertz CT molecular complexity index is 823. The average Bonchev–Trinajstić information content (AvgIpc) is 2.56. The van der Waals surface area contributed by atoms with Crippen LogP contribution in [0.2, 0.25) is 0 Å². The molecule has 0 saturated heterocycles. The zero-order valence-electron chi connectivity index (χ0n) is 12.5. The summed E-state index contributed by atoms with van der Waals surface area (Å²) in [5, 5.41) is 0. The van der Waals surface area contributed by atoms with Gasteiger partial charge in [-0.05, 0) is 25.1 Å². The van der Waals surface area contributed by atoms with Crippen molar-refractivity contribution in [1.82, 2.24) is 9.97 Å². The van der Waals surface area contributed by atoms with Crippen molar-refractivity contribution in [3.05, 3.63) is 77.5 Å². The summed E-state index contributed by atoms with van der Waals surface area (Å²) in [6, 6.07) is 14.4. The highest BCUT2D eigenvalue weighted by molar-refractivity contribution is 5.55. The Kier molecular flexibility index (Phi) is 4.28. The molecule has 23 heavy (non-hydrogen) atoms. The molecule has 0 radical (unpaired) electrons. The van der Waals surface area contributed by atoms with Gasteiger partial charge in [-0.25, -0.2) is 13.8 Å². The Morgan fingerprint density at radius 1 is 0.957 bits per heavy atom. The first-order valence-electron chi connectivity index (χ1n) is 7.09. The van der Waals surface area contributed by atoms with Crippen molar-refractivity contribution >= 4 is 0 Å². The van der Waals surface area contributed by atoms with Gasteiger partial charge in [0.05, 0.1) is 0 Å². The van der Waals surface area contributed by atoms with Crippen molar-refractivity contribution in [2.75, 3.05) is 0 Å². The summed E-state index contributed by atoms with van der Waals surface area (Å²) in [5.74, 6) is -0.172. The minimum atomic E-state index is -0.513. The zero-order valence-corrected chi connectivity index (χ0v) is 12.5. The number of aromatic nitrogens is 2. The van der Waals surface area contributed by atoms with Crippen molar-refractivity contribution in [3.63, 3.8) is 0 Å². The van der Waals surface area contributed by atoms with Gasteiger partial charge in [-0.15, -0.1) is 0 Å². The number of benzene rings is 2. The van der Waals surface area contributed by atoms with Gasteiger partial charge in [0, 0.05) is 22.9 Å². The van der Waals surface area contributed by atoms with Gasteiger partial charge in [-0.1, -0.05) is 30.3 Å². The summed E-state index contributed by atoms with van der Waals surface area (Å²) in [6.07, 6.45) is 0. The molecular weight excluding hydrogens is 298 g/mol. The Hall–Kier alpha value is -2.82. The minimum absolute atomic E-state index is 0.103. The van der Waals surface area contributed by atoms with Gasteiger partial charge in [-0.2, -0.15) is 4.98 Å². The van der Waals surface area contributed by atoms with Crippen LogP contribution in [0.5, 0.6) is 5.88 Å². The Morgan fingerprint density at radius 2 is 1.74 bits per heavy atom. The van der Waals surface area contributed by atoms with Crippen molar-refractivity contribution in [2.45, 2.75) is 13.5 Å². The normalized spacial score (nSPS) is 10.6. The fourth-order valence-electron chi connectivity index (χ4n) is 2.14. The van der Waals surface area contributed by atoms with Crippen LogP contribution in [0.4, 0.5) is 8.78 Å². The van der Waals surface area contributed by atoms with E-state index in [4.69, 9.17) is 4.74 Å². The summed E-state index contributed by atoms with van der Waals surface area (Å²) in [7, 11) is 0. The van der Waals surface area contributed by atoms with Crippen LogP contribution in [-0.2, 0) is 6.61 Å². The summed E-state index contributed by atoms with van der Waals surface area (Å²) < 4.78 is 32.3. The number of ether oxygens (including phenoxy) is 1. The molecule has 0 aliphatic heterocycles. The third-order valence-electron chi connectivity index (χ3n) is 3.25. The molecule has 0 saturated carbocycles. The second-order valence-electron chi connectivity index (χ2n) is 5.06. The molecule has 0 fully saturated rings. The van der Waals surface area contributed by atoms with Crippen molar-refractivity contribution in [1.29, 1.82) is 0 Å². The molecule has 0 N–H and O–H groups in total. The lowest BCUT2D eigenvalue weighted by atomic mass is 10.2. The standard InChI is InChI=1S/C18H14F2N2O/c1-12-9-17(22-18(21-12)13-5-3-2-4-6-13)23-11-14-10-15(19)7-8-16(14)20/h2-10H,11H2,1H3. The summed E-state index contributed by atoms with van der Waals surface area (Å²) in [4.78, 5) is 8.69. The third kappa shape index (κ3) is 3.69. The molecule has 5 heteroatoms. The molecule has 3 rings (SSSR count). The van der Waals surface area contributed by atoms with Crippen LogP contribution in [0.3, 0.4) is 0 Å². The molecule has 3 nitrogen and oxygen atoms in total. The molecule has 0 amide bonds. The third-order valence-corrected chi connectivity index (χ3v) is 3.25. The SMILES string of the molecule is Cc1cc(OCc2cc(F)ccc2F)nc(-c2ccccc2)n1. The molecule has 1 heterocycles. The summed E-state index contributed by atoms with van der Waals surface area (Å²) in [6.45, 7) is 1.72. The second kappa shape index (κ2) is 6.52. The molecule has 1 aromatic heterocycles. The van der Waals surface area contributed by atoms with E-state index in [-0.39, 0.29) is 12.2 Å². The fraction of sp³-hybridized carbons (Fsp3) is 0.111. The molecule has 2 aromatic carbocycles. The van der Waals surface area contributed by atoms with Gasteiger partial charge in [0.15, 0.2) is 5.82 Å². The van der Waals surface area contributed by atoms with E-state index >= 15 is 0 Å². The quantitative estimate of drug-likeness (QED) is 0.720. The minimum Gasteiger partial charge on any atom is -0.473 e. The lowest BCUT2D eigenvalue weighted by molar-refractivity contribution is 0.287. The van der Waals surface area contributed by atoms with Crippen LogP contribution >= 0.6 is 0 Å². The number of hydrogen-bond acceptors (Lipinski definition) is 3. The van der Waals surface area contributed by atoms with E-state index in [2.05, 4.69) is 9.97 Å². The highest BCUT2D eigenvalue weighted by Crippen LogP contribution is 2.20. The maximum Gasteiger partial charge on any atom is 0.217 e. The largest absolute Gasteiger partial charge is 0.473 e. The molecule has 0 aliphatic rings. The first-order chi connectivity index (χ1) is 11.1. The molecule has 0 spiro atoms. The Morgan fingerprint density at radius 3 is 2.52 bits per heavy atom. The number of nitrogens with zero attached hydrogens (tertiary/aromatic N) is 2. The van der Waals surface area contributed by atoms with E-state index in [0.29, 0.717) is 11.7 Å². The van der Waals surface area contributed by atoms with Crippen LogP contribution in [0, 0.1) is 18.6 Å². The van der Waals surface area contributed by atoms with E-state index in [1.54, 1.807) is 6.07 Å². The van der Waals surface area contributed by atoms with Gasteiger partial charge in [-0.3, -0.25) is 0 Å². The van der Waals surface area contributed by atoms with Crippen molar-refractivity contribution in [2.24, 2.45) is 0 Å². The van der Waals surface area contributed by atoms with E-state index in [1.165, 1.54) is 0 Å². The van der Waals surface area contributed by atoms with Gasteiger partial charge >= 0.3 is 0 Å². The van der Waals surface area contributed by atoms with Crippen LogP contribution in [-0.4, -0.2) is 9.97 Å². The van der Waals surface area contributed by atoms with E-state index in [1.807, 2.05) is 37.3 Å². The maximum atomic E-state index is 13.6. The number of halogens is 2. The smallest absolute Gasteiger partial charge is 0.217 e. The number of rotatable bonds is 4. The van der Waals surface area contributed by atoms with Crippen molar-refractivity contribution < 1.29 is 13.5 Å². The second-order valence-corrected chi connectivity index (χ2v) is 5.06. The Labute approximate surface area is 132 Å². The predicted molar refractivity (Wildman–Crippen MR) is 82.9 cm³/mol. The fourth-order valence-corrected chi connectivity index (χ4v) is 2.14. The predicted octanol–water partition coefficient (Wildman–Crippen LogP) is 4.31. The van der Waals surface area contributed by atoms with E-state index < -0.39 is 11.6 Å².